The summed E-state index contributed by atoms with van der Waals surface area (Å²) >= 11 is 0. The number of nitro benzene ring substituents is 2. The van der Waals surface area contributed by atoms with Gasteiger partial charge in [0.2, 0.25) is 0 Å². The van der Waals surface area contributed by atoms with Crippen molar-refractivity contribution in [2.24, 2.45) is 0 Å². The number of carbonyl (C=O) groups excluding carboxylic acids is 1. The Balaban J connectivity index is 0.762. The highest BCUT2D eigenvalue weighted by atomic mass is 16.6. The van der Waals surface area contributed by atoms with Gasteiger partial charge in [0.25, 0.3) is 11.4 Å². The van der Waals surface area contributed by atoms with Gasteiger partial charge in [0.05, 0.1) is 174 Å². The number of nitrogens with one attached hydrogen (secondary N) is 2. The minimum Gasteiger partial charge on any atom is -0.449 e. The van der Waals surface area contributed by atoms with Gasteiger partial charge in [-0.05, 0) is 28.3 Å². The van der Waals surface area contributed by atoms with Crippen molar-refractivity contribution >= 4 is 23.2 Å². The molecule has 3 aromatic carbocycles. The minimum atomic E-state index is -0.683. The zero-order valence-electron chi connectivity index (χ0n) is 39.3. The zero-order chi connectivity index (χ0) is 48.8. The van der Waals surface area contributed by atoms with E-state index in [9.17, 15) is 25.0 Å². The number of fused-ring (bicyclic) bond motifs is 3. The normalized spacial score (nSPS) is 11.9. The lowest BCUT2D eigenvalue weighted by atomic mass is 9.98. The highest BCUT2D eigenvalue weighted by Crippen LogP contribution is 2.44. The number of carbonyl (C=O) groups is 1. The summed E-state index contributed by atoms with van der Waals surface area (Å²) in [6, 6.07) is 19.9. The van der Waals surface area contributed by atoms with E-state index in [1.807, 2.05) is 24.3 Å². The van der Waals surface area contributed by atoms with Crippen molar-refractivity contribution in [2.75, 3.05) is 184 Å². The Morgan fingerprint density at radius 2 is 0.797 bits per heavy atom. The summed E-state index contributed by atoms with van der Waals surface area (Å²) in [5, 5.41) is 27.6. The molecule has 69 heavy (non-hydrogen) atoms. The van der Waals surface area contributed by atoms with Crippen LogP contribution in [-0.4, -0.2) is 194 Å². The number of alkyl carbamates (subject to hydrolysis) is 1. The number of ether oxygens (including phenoxy) is 13. The van der Waals surface area contributed by atoms with E-state index >= 15 is 0 Å². The summed E-state index contributed by atoms with van der Waals surface area (Å²) in [6.45, 7) is 11.1. The number of rotatable bonds is 44. The van der Waals surface area contributed by atoms with Crippen LogP contribution in [0.1, 0.15) is 17.0 Å². The molecule has 4 rings (SSSR count). The van der Waals surface area contributed by atoms with E-state index in [0.29, 0.717) is 159 Å². The molecule has 0 saturated carbocycles. The van der Waals surface area contributed by atoms with Gasteiger partial charge in [0.15, 0.2) is 0 Å². The molecule has 3 aromatic rings. The van der Waals surface area contributed by atoms with Crippen LogP contribution in [0, 0.1) is 20.2 Å². The fourth-order valence-electron chi connectivity index (χ4n) is 6.59. The molecule has 0 aromatic heterocycles. The lowest BCUT2D eigenvalue weighted by Gasteiger charge is -2.14. The van der Waals surface area contributed by atoms with E-state index in [0.717, 1.165) is 6.07 Å². The zero-order valence-corrected chi connectivity index (χ0v) is 39.3. The Bertz CT molecular complexity index is 1820. The fraction of sp³-hybridized carbons (Fsp3) is 0.596. The number of nitrogens with zero attached hydrogens (tertiary/aromatic N) is 2. The van der Waals surface area contributed by atoms with Crippen LogP contribution in [0.5, 0.6) is 0 Å². The molecule has 0 radical (unpaired) electrons. The lowest BCUT2D eigenvalue weighted by molar-refractivity contribution is -0.393. The van der Waals surface area contributed by atoms with E-state index < -0.39 is 15.9 Å². The van der Waals surface area contributed by atoms with Crippen LogP contribution in [0.4, 0.5) is 21.9 Å². The predicted octanol–water partition coefficient (Wildman–Crippen LogP) is 4.65. The summed E-state index contributed by atoms with van der Waals surface area (Å²) in [5.41, 5.74) is 4.19. The van der Waals surface area contributed by atoms with Gasteiger partial charge in [-0.2, -0.15) is 0 Å². The Morgan fingerprint density at radius 1 is 0.449 bits per heavy atom. The quantitative estimate of drug-likeness (QED) is 0.0445. The van der Waals surface area contributed by atoms with Gasteiger partial charge in [-0.3, -0.25) is 20.2 Å². The molecular formula is C47H68N4O18. The third-order valence-corrected chi connectivity index (χ3v) is 9.90. The van der Waals surface area contributed by atoms with Crippen LogP contribution in [-0.2, 0) is 61.6 Å². The van der Waals surface area contributed by atoms with Gasteiger partial charge in [-0.25, -0.2) is 4.79 Å². The molecule has 0 atom stereocenters. The van der Waals surface area contributed by atoms with Crippen LogP contribution < -0.4 is 10.6 Å². The summed E-state index contributed by atoms with van der Waals surface area (Å²) in [6.07, 6.45) is -0.464. The molecule has 1 aliphatic carbocycles. The topological polar surface area (TPSA) is 247 Å². The highest BCUT2D eigenvalue weighted by Gasteiger charge is 2.29. The van der Waals surface area contributed by atoms with Crippen molar-refractivity contribution in [3.63, 3.8) is 0 Å². The molecular weight excluding hydrogens is 909 g/mol. The van der Waals surface area contributed by atoms with Crippen molar-refractivity contribution in [1.82, 2.24) is 5.32 Å². The van der Waals surface area contributed by atoms with Crippen molar-refractivity contribution in [3.05, 3.63) is 98.1 Å². The van der Waals surface area contributed by atoms with Gasteiger partial charge < -0.3 is 72.2 Å². The Labute approximate surface area is 402 Å². The maximum Gasteiger partial charge on any atom is 0.407 e. The first-order valence-electron chi connectivity index (χ1n) is 23.1. The molecule has 22 heteroatoms. The summed E-state index contributed by atoms with van der Waals surface area (Å²) in [7, 11) is 0. The Kier molecular flexibility index (Phi) is 30.3. The number of non-ortho nitro benzene ring substituents is 1. The maximum absolute atomic E-state index is 12.3. The molecule has 0 aliphatic heterocycles. The molecule has 0 saturated heterocycles. The fourth-order valence-corrected chi connectivity index (χ4v) is 6.59. The number of benzene rings is 3. The summed E-state index contributed by atoms with van der Waals surface area (Å²) in [5.74, 6) is 0.0243. The van der Waals surface area contributed by atoms with E-state index in [-0.39, 0.29) is 42.7 Å². The lowest BCUT2D eigenvalue weighted by Crippen LogP contribution is -2.29. The van der Waals surface area contributed by atoms with Crippen LogP contribution in [0.3, 0.4) is 0 Å². The number of anilines is 1. The van der Waals surface area contributed by atoms with Gasteiger partial charge in [-0.1, -0.05) is 48.5 Å². The van der Waals surface area contributed by atoms with Crippen molar-refractivity contribution in [2.45, 2.75) is 5.92 Å². The summed E-state index contributed by atoms with van der Waals surface area (Å²) in [4.78, 5) is 32.9. The molecule has 0 spiro atoms. The van der Waals surface area contributed by atoms with Crippen LogP contribution >= 0.6 is 0 Å². The van der Waals surface area contributed by atoms with E-state index in [1.165, 1.54) is 34.4 Å². The standard InChI is InChI=1S/C47H68N4O18/c52-47(69-38-44-42-7-3-1-5-40(42)41-6-2-4-8-43(41)44)49-12-14-58-16-18-60-20-22-62-24-26-64-28-30-66-32-34-68-36-35-67-33-31-65-29-27-63-25-23-61-21-19-59-17-15-57-13-11-48-45-10-9-39(50(53)54)37-46(45)51(55)56/h1-10,37,44,48H,11-36,38H2,(H,49,52). The molecule has 22 nitrogen and oxygen atoms in total. The number of hydrogen-bond acceptors (Lipinski definition) is 19. The highest BCUT2D eigenvalue weighted by molar-refractivity contribution is 5.79. The van der Waals surface area contributed by atoms with Gasteiger partial charge in [-0.15, -0.1) is 0 Å². The van der Waals surface area contributed by atoms with E-state index in [1.54, 1.807) is 0 Å². The monoisotopic (exact) mass is 976 g/mol. The molecule has 2 N–H and O–H groups in total. The third-order valence-electron chi connectivity index (χ3n) is 9.90. The van der Waals surface area contributed by atoms with Gasteiger partial charge >= 0.3 is 6.09 Å². The van der Waals surface area contributed by atoms with E-state index in [2.05, 4.69) is 34.9 Å². The van der Waals surface area contributed by atoms with Crippen molar-refractivity contribution in [1.29, 1.82) is 0 Å². The molecule has 1 aliphatic rings. The molecule has 1 amide bonds. The first-order chi connectivity index (χ1) is 34.0. The number of amides is 1. The van der Waals surface area contributed by atoms with Crippen molar-refractivity contribution < 1.29 is 76.2 Å². The van der Waals surface area contributed by atoms with Gasteiger partial charge in [0, 0.05) is 25.1 Å². The minimum absolute atomic E-state index is 0.0243. The average Bonchev–Trinajstić information content (AvgIpc) is 3.68. The molecule has 0 fully saturated rings. The predicted molar refractivity (Wildman–Crippen MR) is 251 cm³/mol. The largest absolute Gasteiger partial charge is 0.449 e. The Hall–Kier alpha value is -4.95. The van der Waals surface area contributed by atoms with Crippen LogP contribution in [0.2, 0.25) is 0 Å². The Morgan fingerprint density at radius 3 is 1.16 bits per heavy atom. The smallest absolute Gasteiger partial charge is 0.407 e. The molecule has 0 heterocycles. The molecule has 384 valence electrons. The number of nitro groups is 2. The van der Waals surface area contributed by atoms with Gasteiger partial charge in [0.1, 0.15) is 12.3 Å². The van der Waals surface area contributed by atoms with Crippen LogP contribution in [0.25, 0.3) is 11.1 Å². The third kappa shape index (κ3) is 24.4. The summed E-state index contributed by atoms with van der Waals surface area (Å²) < 4.78 is 71.4. The SMILES string of the molecule is O=C(NCCOCCOCCOCCOCCOCCOCCOCCOCCOCCOCCOCCOCCNc1ccc([N+](=O)[O-])cc1[N+](=O)[O-])OCC1c2ccccc2-c2ccccc21. The molecule has 0 bridgehead atoms. The molecule has 0 unspecified atom stereocenters. The van der Waals surface area contributed by atoms with Crippen LogP contribution in [0.15, 0.2) is 66.7 Å². The van der Waals surface area contributed by atoms with Crippen molar-refractivity contribution in [3.8, 4) is 11.1 Å². The second-order valence-electron chi connectivity index (χ2n) is 14.7. The number of hydrogen-bond donors (Lipinski definition) is 2. The second-order valence-corrected chi connectivity index (χ2v) is 14.7. The first-order valence-corrected chi connectivity index (χ1v) is 23.1. The maximum atomic E-state index is 12.3. The second kappa shape index (κ2) is 37.0. The first kappa shape index (κ1) is 56.6. The average molecular weight is 977 g/mol. The van der Waals surface area contributed by atoms with E-state index in [4.69, 9.17) is 61.6 Å².